The molecule has 2 atom stereocenters. The number of hydrogen-bond acceptors (Lipinski definition) is 2. The second kappa shape index (κ2) is 2.59. The summed E-state index contributed by atoms with van der Waals surface area (Å²) in [5.41, 5.74) is 5.28. The summed E-state index contributed by atoms with van der Waals surface area (Å²) in [6, 6.07) is 0. The molecule has 1 rings (SSSR count). The Balaban J connectivity index is 2.46. The van der Waals surface area contributed by atoms with Crippen LogP contribution in [0, 0.1) is 17.3 Å². The molecule has 0 bridgehead atoms. The van der Waals surface area contributed by atoms with Crippen molar-refractivity contribution in [3.05, 3.63) is 0 Å². The second-order valence-electron chi connectivity index (χ2n) is 4.45. The van der Waals surface area contributed by atoms with Crippen molar-refractivity contribution in [3.63, 3.8) is 0 Å². The van der Waals surface area contributed by atoms with E-state index < -0.39 is 0 Å². The molecule has 1 saturated carbocycles. The van der Waals surface area contributed by atoms with Crippen molar-refractivity contribution in [1.82, 2.24) is 0 Å². The summed E-state index contributed by atoms with van der Waals surface area (Å²) >= 11 is 0. The number of hydrogen-bond donors (Lipinski definition) is 1. The van der Waals surface area contributed by atoms with Gasteiger partial charge in [0.2, 0.25) is 0 Å². The van der Waals surface area contributed by atoms with E-state index in [1.165, 1.54) is 0 Å². The monoisotopic (exact) mass is 155 g/mol. The molecular formula is C9H17NO. The average molecular weight is 155 g/mol. The van der Waals surface area contributed by atoms with Gasteiger partial charge in [0.15, 0.2) is 0 Å². The van der Waals surface area contributed by atoms with Gasteiger partial charge in [-0.25, -0.2) is 0 Å². The summed E-state index contributed by atoms with van der Waals surface area (Å²) in [6.45, 7) is 6.59. The van der Waals surface area contributed by atoms with Crippen LogP contribution in [0.2, 0.25) is 0 Å². The lowest BCUT2D eigenvalue weighted by Crippen LogP contribution is -2.23. The number of carbonyl (C=O) groups excluding carboxylic acids is 1. The molecule has 0 unspecified atom stereocenters. The summed E-state index contributed by atoms with van der Waals surface area (Å²) in [7, 11) is 0. The standard InChI is InChI=1S/C9H17NO/c1-9(2,3)8(11)7-4-6(7)5-10/h6-7H,4-5,10H2,1-3H3/t6-,7-/m0/s1. The van der Waals surface area contributed by atoms with Crippen LogP contribution in [0.5, 0.6) is 0 Å². The highest BCUT2D eigenvalue weighted by molar-refractivity contribution is 5.88. The van der Waals surface area contributed by atoms with Crippen LogP contribution in [0.15, 0.2) is 0 Å². The molecule has 2 N–H and O–H groups in total. The third kappa shape index (κ3) is 1.80. The smallest absolute Gasteiger partial charge is 0.141 e. The Kier molecular flexibility index (Phi) is 2.06. The van der Waals surface area contributed by atoms with Crippen LogP contribution in [0.1, 0.15) is 27.2 Å². The maximum absolute atomic E-state index is 11.5. The summed E-state index contributed by atoms with van der Waals surface area (Å²) in [5.74, 6) is 1.15. The zero-order valence-corrected chi connectivity index (χ0v) is 7.55. The minimum atomic E-state index is -0.172. The van der Waals surface area contributed by atoms with Gasteiger partial charge in [0, 0.05) is 11.3 Å². The van der Waals surface area contributed by atoms with E-state index >= 15 is 0 Å². The van der Waals surface area contributed by atoms with Gasteiger partial charge in [0.25, 0.3) is 0 Å². The Morgan fingerprint density at radius 2 is 2.09 bits per heavy atom. The van der Waals surface area contributed by atoms with E-state index in [0.29, 0.717) is 18.2 Å². The van der Waals surface area contributed by atoms with Gasteiger partial charge in [-0.15, -0.1) is 0 Å². The Bertz CT molecular complexity index is 169. The average Bonchev–Trinajstić information content (AvgIpc) is 2.62. The molecule has 1 aliphatic carbocycles. The molecule has 0 amide bonds. The first-order valence-electron chi connectivity index (χ1n) is 4.21. The Morgan fingerprint density at radius 1 is 1.55 bits per heavy atom. The molecular weight excluding hydrogens is 138 g/mol. The maximum Gasteiger partial charge on any atom is 0.141 e. The minimum absolute atomic E-state index is 0.172. The third-order valence-corrected chi connectivity index (χ3v) is 2.30. The van der Waals surface area contributed by atoms with Crippen LogP contribution in [0.3, 0.4) is 0 Å². The first kappa shape index (κ1) is 8.72. The van der Waals surface area contributed by atoms with E-state index in [1.807, 2.05) is 20.8 Å². The zero-order valence-electron chi connectivity index (χ0n) is 7.55. The number of nitrogens with two attached hydrogens (primary N) is 1. The first-order chi connectivity index (χ1) is 4.96. The fraction of sp³-hybridized carbons (Fsp3) is 0.889. The lowest BCUT2D eigenvalue weighted by atomic mass is 9.87. The van der Waals surface area contributed by atoms with Crippen molar-refractivity contribution in [2.24, 2.45) is 23.0 Å². The molecule has 64 valence electrons. The molecule has 2 nitrogen and oxygen atoms in total. The molecule has 0 spiro atoms. The predicted molar refractivity (Wildman–Crippen MR) is 45.1 cm³/mol. The van der Waals surface area contributed by atoms with Crippen LogP contribution < -0.4 is 5.73 Å². The molecule has 0 aliphatic heterocycles. The quantitative estimate of drug-likeness (QED) is 0.651. The van der Waals surface area contributed by atoms with Gasteiger partial charge in [-0.2, -0.15) is 0 Å². The summed E-state index contributed by atoms with van der Waals surface area (Å²) in [4.78, 5) is 11.5. The first-order valence-corrected chi connectivity index (χ1v) is 4.21. The van der Waals surface area contributed by atoms with Crippen LogP contribution in [0.25, 0.3) is 0 Å². The number of rotatable bonds is 2. The van der Waals surface area contributed by atoms with Gasteiger partial charge in [0.1, 0.15) is 5.78 Å². The molecule has 0 radical (unpaired) electrons. The van der Waals surface area contributed by atoms with E-state index in [9.17, 15) is 4.79 Å². The van der Waals surface area contributed by atoms with E-state index in [-0.39, 0.29) is 11.3 Å². The fourth-order valence-electron chi connectivity index (χ4n) is 1.39. The van der Waals surface area contributed by atoms with Crippen molar-refractivity contribution >= 4 is 5.78 Å². The summed E-state index contributed by atoms with van der Waals surface area (Å²) in [6.07, 6.45) is 1.02. The van der Waals surface area contributed by atoms with Crippen molar-refractivity contribution in [2.75, 3.05) is 6.54 Å². The highest BCUT2D eigenvalue weighted by atomic mass is 16.1. The molecule has 0 aromatic rings. The highest BCUT2D eigenvalue weighted by Gasteiger charge is 2.45. The normalized spacial score (nSPS) is 30.2. The topological polar surface area (TPSA) is 43.1 Å². The van der Waals surface area contributed by atoms with Crippen LogP contribution >= 0.6 is 0 Å². The molecule has 1 fully saturated rings. The van der Waals surface area contributed by atoms with Crippen LogP contribution in [0.4, 0.5) is 0 Å². The van der Waals surface area contributed by atoms with Crippen molar-refractivity contribution in [1.29, 1.82) is 0 Å². The van der Waals surface area contributed by atoms with Gasteiger partial charge >= 0.3 is 0 Å². The van der Waals surface area contributed by atoms with Gasteiger partial charge in [-0.3, -0.25) is 4.79 Å². The maximum atomic E-state index is 11.5. The second-order valence-corrected chi connectivity index (χ2v) is 4.45. The molecule has 11 heavy (non-hydrogen) atoms. The van der Waals surface area contributed by atoms with Gasteiger partial charge in [0.05, 0.1) is 0 Å². The number of ketones is 1. The SMILES string of the molecule is CC(C)(C)C(=O)[C@H]1C[C@H]1CN. The molecule has 0 saturated heterocycles. The Morgan fingerprint density at radius 3 is 2.36 bits per heavy atom. The molecule has 0 heterocycles. The Labute approximate surface area is 68.2 Å². The Hall–Kier alpha value is -0.370. The van der Waals surface area contributed by atoms with Crippen LogP contribution in [-0.2, 0) is 4.79 Å². The lowest BCUT2D eigenvalue weighted by molar-refractivity contribution is -0.127. The minimum Gasteiger partial charge on any atom is -0.330 e. The largest absolute Gasteiger partial charge is 0.330 e. The molecule has 0 aromatic heterocycles. The van der Waals surface area contributed by atoms with Gasteiger partial charge in [-0.1, -0.05) is 20.8 Å². The lowest BCUT2D eigenvalue weighted by Gasteiger charge is -2.15. The predicted octanol–water partition coefficient (Wildman–Crippen LogP) is 1.20. The highest BCUT2D eigenvalue weighted by Crippen LogP contribution is 2.42. The van der Waals surface area contributed by atoms with E-state index in [2.05, 4.69) is 0 Å². The van der Waals surface area contributed by atoms with Crippen molar-refractivity contribution in [2.45, 2.75) is 27.2 Å². The summed E-state index contributed by atoms with van der Waals surface area (Å²) < 4.78 is 0. The van der Waals surface area contributed by atoms with Crippen LogP contribution in [-0.4, -0.2) is 12.3 Å². The third-order valence-electron chi connectivity index (χ3n) is 2.30. The number of Topliss-reactive ketones (excluding diaryl/α,β-unsaturated/α-hetero) is 1. The van der Waals surface area contributed by atoms with Gasteiger partial charge < -0.3 is 5.73 Å². The number of carbonyl (C=O) groups is 1. The van der Waals surface area contributed by atoms with E-state index in [0.717, 1.165) is 6.42 Å². The van der Waals surface area contributed by atoms with Crippen molar-refractivity contribution in [3.8, 4) is 0 Å². The zero-order chi connectivity index (χ0) is 8.65. The van der Waals surface area contributed by atoms with E-state index in [1.54, 1.807) is 0 Å². The van der Waals surface area contributed by atoms with E-state index in [4.69, 9.17) is 5.73 Å². The fourth-order valence-corrected chi connectivity index (χ4v) is 1.39. The molecule has 0 aromatic carbocycles. The molecule has 2 heteroatoms. The van der Waals surface area contributed by atoms with Crippen molar-refractivity contribution < 1.29 is 4.79 Å². The summed E-state index contributed by atoms with van der Waals surface area (Å²) in [5, 5.41) is 0. The molecule has 1 aliphatic rings. The van der Waals surface area contributed by atoms with Gasteiger partial charge in [-0.05, 0) is 18.9 Å².